The van der Waals surface area contributed by atoms with E-state index in [1.807, 2.05) is 0 Å². The molecular weight excluding hydrogens is 192 g/mol. The van der Waals surface area contributed by atoms with Crippen molar-refractivity contribution in [3.63, 3.8) is 0 Å². The molecule has 0 heterocycles. The minimum Gasteiger partial charge on any atom is -0.400 e. The fourth-order valence-corrected chi connectivity index (χ4v) is 0. The van der Waals surface area contributed by atoms with Gasteiger partial charge in [-0.25, -0.2) is 0 Å². The van der Waals surface area contributed by atoms with Crippen LogP contribution in [0, 0.1) is 56.6 Å². The molecule has 0 atom stereocenters. The molecule has 5 heavy (non-hydrogen) atoms. The van der Waals surface area contributed by atoms with Crippen molar-refractivity contribution in [1.29, 1.82) is 0 Å². The van der Waals surface area contributed by atoms with E-state index in [1.165, 1.54) is 0 Å². The monoisotopic (exact) mass is 202 g/mol. The molecule has 1 nitrogen and oxygen atoms in total. The molecule has 0 rings (SSSR count). The van der Waals surface area contributed by atoms with Gasteiger partial charge < -0.3 is 20.0 Å². The Kier molecular flexibility index (Phi) is 371. The zero-order valence-electron chi connectivity index (χ0n) is 3.95. The first-order chi connectivity index (χ1) is 1.00. The zero-order chi connectivity index (χ0) is 2.00. The van der Waals surface area contributed by atoms with E-state index in [0.29, 0.717) is 0 Å². The third-order valence-electron chi connectivity index (χ3n) is 0. The van der Waals surface area contributed by atoms with Gasteiger partial charge >= 0.3 is 0 Å². The summed E-state index contributed by atoms with van der Waals surface area (Å²) in [6.07, 6.45) is 0. The van der Waals surface area contributed by atoms with Crippen LogP contribution >= 0.6 is 0 Å². The molecule has 0 aromatic rings. The van der Waals surface area contributed by atoms with Gasteiger partial charge in [0, 0.05) is 48.9 Å². The van der Waals surface area contributed by atoms with Crippen molar-refractivity contribution < 1.29 is 46.9 Å². The third kappa shape index (κ3) is 33.3. The maximum atomic E-state index is 7.00. The fourth-order valence-electron chi connectivity index (χ4n) is 0. The van der Waals surface area contributed by atoms with E-state index < -0.39 is 0 Å². The predicted octanol–water partition coefficient (Wildman–Crippen LogP) is 0.509. The van der Waals surface area contributed by atoms with Crippen LogP contribution in [0.2, 0.25) is 0 Å². The molecule has 0 radical (unpaired) electrons. The fraction of sp³-hybridized carbons (Fsp3) is 0.333. The van der Waals surface area contributed by atoms with E-state index in [-0.39, 0.29) is 56.6 Å². The van der Waals surface area contributed by atoms with E-state index in [9.17, 15) is 0 Å². The molecule has 0 amide bonds. The van der Waals surface area contributed by atoms with Crippen molar-refractivity contribution in [2.24, 2.45) is 0 Å². The van der Waals surface area contributed by atoms with E-state index in [0.717, 1.165) is 7.11 Å². The Labute approximate surface area is 68.2 Å². The summed E-state index contributed by atoms with van der Waals surface area (Å²) >= 11 is 0. The topological polar surface area (TPSA) is 20.2 Å². The first-order valence-electron chi connectivity index (χ1n) is 0.447. The number of rotatable bonds is 0. The van der Waals surface area contributed by atoms with E-state index >= 15 is 0 Å². The van der Waals surface area contributed by atoms with Gasteiger partial charge in [0.05, 0.1) is 0 Å². The molecule has 0 aliphatic heterocycles. The molecule has 0 aromatic carbocycles. The zero-order valence-corrected chi connectivity index (χ0v) is 7.09. The largest absolute Gasteiger partial charge is 0.400 e. The van der Waals surface area contributed by atoms with Crippen LogP contribution in [0.4, 0.5) is 0 Å². The van der Waals surface area contributed by atoms with Gasteiger partial charge in [0.25, 0.3) is 0 Å². The molecule has 34 valence electrons. The van der Waals surface area contributed by atoms with Gasteiger partial charge in [-0.3, -0.25) is 0 Å². The van der Waals surface area contributed by atoms with Crippen LogP contribution in [0.25, 0.3) is 0 Å². The molecule has 0 saturated carbocycles. The second-order valence-corrected chi connectivity index (χ2v) is 0. The van der Waals surface area contributed by atoms with Crippen LogP contribution in [0.5, 0.6) is 0 Å². The van der Waals surface area contributed by atoms with E-state index in [1.54, 1.807) is 0 Å². The standard InChI is InChI=1S/CH4O.2CH3.Ce/c1-2;;;/h2H,1H3;2*1H3;/q;2*-1;. The summed E-state index contributed by atoms with van der Waals surface area (Å²) in [4.78, 5) is 0. The summed E-state index contributed by atoms with van der Waals surface area (Å²) in [5.74, 6) is 0. The molecule has 1 N–H and O–H groups in total. The van der Waals surface area contributed by atoms with Crippen molar-refractivity contribution in [2.75, 3.05) is 7.11 Å². The molecule has 0 aliphatic carbocycles. The Morgan fingerprint density at radius 1 is 1.00 bits per heavy atom. The average Bonchev–Trinajstić information content (AvgIpc) is 1.00. The van der Waals surface area contributed by atoms with E-state index in [2.05, 4.69) is 0 Å². The number of hydrogen-bond donors (Lipinski definition) is 1. The molecule has 0 bridgehead atoms. The second kappa shape index (κ2) is 56.2. The molecule has 0 unspecified atom stereocenters. The van der Waals surface area contributed by atoms with Crippen LogP contribution in [-0.4, -0.2) is 12.2 Å². The van der Waals surface area contributed by atoms with Gasteiger partial charge in [-0.1, -0.05) is 0 Å². The number of hydrogen-bond acceptors (Lipinski definition) is 1. The summed E-state index contributed by atoms with van der Waals surface area (Å²) < 4.78 is 0. The maximum absolute atomic E-state index is 7.00. The Hall–Kier alpha value is 1.34. The predicted molar refractivity (Wildman–Crippen MR) is 21.0 cm³/mol. The molecular formula is C3H10CeO-2. The molecule has 2 heteroatoms. The van der Waals surface area contributed by atoms with Gasteiger partial charge in [0.2, 0.25) is 0 Å². The minimum atomic E-state index is 0. The molecule has 0 fully saturated rings. The Morgan fingerprint density at radius 3 is 1.00 bits per heavy atom. The van der Waals surface area contributed by atoms with Gasteiger partial charge in [-0.15, -0.1) is 0 Å². The second-order valence-electron chi connectivity index (χ2n) is 0. The van der Waals surface area contributed by atoms with Crippen LogP contribution in [-0.2, 0) is 0 Å². The van der Waals surface area contributed by atoms with Gasteiger partial charge in [-0.2, -0.15) is 0 Å². The quantitative estimate of drug-likeness (QED) is 0.567. The third-order valence-corrected chi connectivity index (χ3v) is 0. The van der Waals surface area contributed by atoms with Crippen molar-refractivity contribution >= 4 is 0 Å². The summed E-state index contributed by atoms with van der Waals surface area (Å²) in [7, 11) is 1.00. The first-order valence-corrected chi connectivity index (χ1v) is 0.447. The van der Waals surface area contributed by atoms with Crippen LogP contribution in [0.3, 0.4) is 0 Å². The van der Waals surface area contributed by atoms with Crippen molar-refractivity contribution in [3.05, 3.63) is 14.9 Å². The van der Waals surface area contributed by atoms with Crippen molar-refractivity contribution in [1.82, 2.24) is 0 Å². The summed E-state index contributed by atoms with van der Waals surface area (Å²) in [5, 5.41) is 7.00. The first kappa shape index (κ1) is 33.1. The van der Waals surface area contributed by atoms with Crippen LogP contribution in [0.15, 0.2) is 0 Å². The average molecular weight is 202 g/mol. The molecule has 0 spiro atoms. The van der Waals surface area contributed by atoms with Crippen molar-refractivity contribution in [3.8, 4) is 0 Å². The Morgan fingerprint density at radius 2 is 1.00 bits per heavy atom. The summed E-state index contributed by atoms with van der Waals surface area (Å²) in [6.45, 7) is 0. The maximum Gasteiger partial charge on any atom is 0.0319 e. The molecule has 0 aromatic heterocycles. The molecule has 0 saturated heterocycles. The van der Waals surface area contributed by atoms with Gasteiger partial charge in [0.1, 0.15) is 0 Å². The minimum absolute atomic E-state index is 0. The summed E-state index contributed by atoms with van der Waals surface area (Å²) in [6, 6.07) is 0. The SMILES string of the molecule is CO.[CH3-].[CH3-].[Ce]. The Bertz CT molecular complexity index is 6.85. The number of aliphatic hydroxyl groups excluding tert-OH is 1. The molecule has 0 aliphatic rings. The summed E-state index contributed by atoms with van der Waals surface area (Å²) in [5.41, 5.74) is 0. The normalized spacial score (nSPS) is 1.20. The van der Waals surface area contributed by atoms with Crippen molar-refractivity contribution in [2.45, 2.75) is 0 Å². The van der Waals surface area contributed by atoms with Gasteiger partial charge in [0.15, 0.2) is 0 Å². The van der Waals surface area contributed by atoms with E-state index in [4.69, 9.17) is 5.11 Å². The number of aliphatic hydroxyl groups is 1. The van der Waals surface area contributed by atoms with Crippen LogP contribution < -0.4 is 0 Å². The van der Waals surface area contributed by atoms with Crippen LogP contribution in [0.1, 0.15) is 0 Å². The smallest absolute Gasteiger partial charge is 0.0319 e. The Balaban J connectivity index is -0.00000000167. The van der Waals surface area contributed by atoms with Gasteiger partial charge in [-0.05, 0) is 0 Å².